The molecule has 2 aliphatic rings. The number of primary amides is 1. The predicted molar refractivity (Wildman–Crippen MR) is 99.1 cm³/mol. The van der Waals surface area contributed by atoms with Gasteiger partial charge in [0.1, 0.15) is 6.26 Å². The molecular weight excluding hydrogens is 348 g/mol. The van der Waals surface area contributed by atoms with Crippen molar-refractivity contribution in [1.29, 1.82) is 0 Å². The van der Waals surface area contributed by atoms with Crippen LogP contribution in [0.2, 0.25) is 0 Å². The zero-order chi connectivity index (χ0) is 19.4. The van der Waals surface area contributed by atoms with E-state index >= 15 is 0 Å². The number of hydrogen-bond donors (Lipinski definition) is 1. The molecule has 0 saturated carbocycles. The number of carbonyl (C=O) groups excluding carboxylic acids is 2. The SMILES string of the molecule is COCCC1(C(N)=O)CCN(C2CCN(C(=O)c3coc(C)n3)CC2)CC1. The first kappa shape index (κ1) is 19.8. The second-order valence-electron chi connectivity index (χ2n) is 7.70. The zero-order valence-corrected chi connectivity index (χ0v) is 16.3. The van der Waals surface area contributed by atoms with Gasteiger partial charge in [-0.25, -0.2) is 4.98 Å². The summed E-state index contributed by atoms with van der Waals surface area (Å²) in [5.41, 5.74) is 5.65. The molecule has 2 N–H and O–H groups in total. The molecule has 1 aromatic rings. The number of nitrogens with zero attached hydrogens (tertiary/aromatic N) is 3. The van der Waals surface area contributed by atoms with E-state index in [-0.39, 0.29) is 11.8 Å². The van der Waals surface area contributed by atoms with Crippen molar-refractivity contribution in [2.24, 2.45) is 11.1 Å². The van der Waals surface area contributed by atoms with Crippen LogP contribution in [-0.2, 0) is 9.53 Å². The van der Waals surface area contributed by atoms with E-state index < -0.39 is 5.41 Å². The number of aryl methyl sites for hydroxylation is 1. The number of hydrogen-bond acceptors (Lipinski definition) is 6. The van der Waals surface area contributed by atoms with Crippen molar-refractivity contribution in [3.05, 3.63) is 17.8 Å². The molecule has 2 fully saturated rings. The molecule has 150 valence electrons. The number of rotatable bonds is 6. The van der Waals surface area contributed by atoms with Crippen molar-refractivity contribution >= 4 is 11.8 Å². The summed E-state index contributed by atoms with van der Waals surface area (Å²) in [5.74, 6) is 0.242. The second kappa shape index (κ2) is 8.39. The van der Waals surface area contributed by atoms with Crippen LogP contribution in [0.1, 0.15) is 48.5 Å². The Hall–Kier alpha value is -1.93. The fraction of sp³-hybridized carbons (Fsp3) is 0.737. The highest BCUT2D eigenvalue weighted by atomic mass is 16.5. The van der Waals surface area contributed by atoms with E-state index in [9.17, 15) is 9.59 Å². The summed E-state index contributed by atoms with van der Waals surface area (Å²) in [4.78, 5) is 32.9. The molecule has 3 heterocycles. The predicted octanol–water partition coefficient (Wildman–Crippen LogP) is 1.19. The van der Waals surface area contributed by atoms with Gasteiger partial charge in [0.05, 0.1) is 5.41 Å². The third-order valence-electron chi connectivity index (χ3n) is 6.17. The summed E-state index contributed by atoms with van der Waals surface area (Å²) in [6.45, 7) is 5.47. The van der Waals surface area contributed by atoms with Crippen LogP contribution in [0.15, 0.2) is 10.7 Å². The second-order valence-corrected chi connectivity index (χ2v) is 7.70. The van der Waals surface area contributed by atoms with Crippen LogP contribution in [0.5, 0.6) is 0 Å². The molecule has 0 aliphatic carbocycles. The number of aromatic nitrogens is 1. The average Bonchev–Trinajstić information content (AvgIpc) is 3.12. The zero-order valence-electron chi connectivity index (χ0n) is 16.3. The Bertz CT molecular complexity index is 658. The van der Waals surface area contributed by atoms with Crippen LogP contribution in [0.4, 0.5) is 0 Å². The molecule has 2 saturated heterocycles. The maximum Gasteiger partial charge on any atom is 0.275 e. The molecule has 0 atom stereocenters. The number of likely N-dealkylation sites (tertiary alicyclic amines) is 2. The van der Waals surface area contributed by atoms with Gasteiger partial charge in [0.2, 0.25) is 5.91 Å². The molecule has 1 aromatic heterocycles. The lowest BCUT2D eigenvalue weighted by Crippen LogP contribution is -2.53. The van der Waals surface area contributed by atoms with E-state index in [4.69, 9.17) is 14.9 Å². The third-order valence-corrected chi connectivity index (χ3v) is 6.17. The van der Waals surface area contributed by atoms with Gasteiger partial charge in [0, 0.05) is 39.8 Å². The molecule has 0 radical (unpaired) electrons. The molecule has 0 bridgehead atoms. The number of carbonyl (C=O) groups is 2. The molecule has 0 aromatic carbocycles. The fourth-order valence-electron chi connectivity index (χ4n) is 4.29. The molecule has 0 unspecified atom stereocenters. The van der Waals surface area contributed by atoms with E-state index in [1.165, 1.54) is 6.26 Å². The summed E-state index contributed by atoms with van der Waals surface area (Å²) < 4.78 is 10.3. The number of nitrogens with two attached hydrogens (primary N) is 1. The summed E-state index contributed by atoms with van der Waals surface area (Å²) in [5, 5.41) is 0. The minimum Gasteiger partial charge on any atom is -0.448 e. The van der Waals surface area contributed by atoms with Crippen molar-refractivity contribution in [2.75, 3.05) is 39.9 Å². The number of oxazole rings is 1. The Kier molecular flexibility index (Phi) is 6.16. The molecule has 2 aliphatic heterocycles. The Morgan fingerprint density at radius 1 is 1.30 bits per heavy atom. The van der Waals surface area contributed by atoms with Gasteiger partial charge in [-0.3, -0.25) is 9.59 Å². The number of piperidine rings is 2. The quantitative estimate of drug-likeness (QED) is 0.798. The molecule has 3 rings (SSSR count). The van der Waals surface area contributed by atoms with Crippen LogP contribution in [-0.4, -0.2) is 72.5 Å². The molecule has 27 heavy (non-hydrogen) atoms. The van der Waals surface area contributed by atoms with Gasteiger partial charge in [0.15, 0.2) is 11.6 Å². The molecule has 8 nitrogen and oxygen atoms in total. The van der Waals surface area contributed by atoms with Crippen molar-refractivity contribution in [2.45, 2.75) is 45.1 Å². The summed E-state index contributed by atoms with van der Waals surface area (Å²) >= 11 is 0. The van der Waals surface area contributed by atoms with E-state index in [1.54, 1.807) is 14.0 Å². The number of amides is 2. The minimum atomic E-state index is -0.437. The van der Waals surface area contributed by atoms with Gasteiger partial charge in [0.25, 0.3) is 5.91 Å². The highest BCUT2D eigenvalue weighted by Crippen LogP contribution is 2.36. The maximum atomic E-state index is 12.5. The highest BCUT2D eigenvalue weighted by Gasteiger charge is 2.41. The molecular formula is C19H30N4O4. The van der Waals surface area contributed by atoms with Gasteiger partial charge in [-0.05, 0) is 45.2 Å². The Morgan fingerprint density at radius 3 is 2.48 bits per heavy atom. The Labute approximate surface area is 160 Å². The Balaban J connectivity index is 1.50. The van der Waals surface area contributed by atoms with E-state index in [0.29, 0.717) is 30.7 Å². The van der Waals surface area contributed by atoms with Crippen LogP contribution in [0.25, 0.3) is 0 Å². The van der Waals surface area contributed by atoms with Gasteiger partial charge >= 0.3 is 0 Å². The summed E-state index contributed by atoms with van der Waals surface area (Å²) in [6, 6.07) is 0.446. The smallest absolute Gasteiger partial charge is 0.275 e. The highest BCUT2D eigenvalue weighted by molar-refractivity contribution is 5.92. The standard InChI is InChI=1S/C19H30N4O4/c1-14-21-16(13-27-14)17(24)23-8-3-15(4-9-23)22-10-5-19(6-11-22,18(20)25)7-12-26-2/h13,15H,3-12H2,1-2H3,(H2,20,25). The summed E-state index contributed by atoms with van der Waals surface area (Å²) in [7, 11) is 1.65. The van der Waals surface area contributed by atoms with Crippen molar-refractivity contribution in [3.8, 4) is 0 Å². The van der Waals surface area contributed by atoms with E-state index in [0.717, 1.165) is 51.9 Å². The van der Waals surface area contributed by atoms with Crippen LogP contribution < -0.4 is 5.73 Å². The van der Waals surface area contributed by atoms with Crippen molar-refractivity contribution in [1.82, 2.24) is 14.8 Å². The van der Waals surface area contributed by atoms with Crippen molar-refractivity contribution in [3.63, 3.8) is 0 Å². The monoisotopic (exact) mass is 378 g/mol. The molecule has 8 heteroatoms. The van der Waals surface area contributed by atoms with Crippen molar-refractivity contribution < 1.29 is 18.7 Å². The Morgan fingerprint density at radius 2 is 1.96 bits per heavy atom. The maximum absolute atomic E-state index is 12.5. The fourth-order valence-corrected chi connectivity index (χ4v) is 4.29. The van der Waals surface area contributed by atoms with E-state index in [1.807, 2.05) is 4.90 Å². The average molecular weight is 378 g/mol. The molecule has 0 spiro atoms. The van der Waals surface area contributed by atoms with Crippen LogP contribution in [0.3, 0.4) is 0 Å². The lowest BCUT2D eigenvalue weighted by molar-refractivity contribution is -0.132. The van der Waals surface area contributed by atoms with Crippen LogP contribution in [0, 0.1) is 12.3 Å². The summed E-state index contributed by atoms with van der Waals surface area (Å²) in [6.07, 6.45) is 5.55. The van der Waals surface area contributed by atoms with Gasteiger partial charge in [-0.1, -0.05) is 0 Å². The normalized spacial score (nSPS) is 21.3. The number of ether oxygens (including phenoxy) is 1. The first-order chi connectivity index (χ1) is 12.9. The lowest BCUT2D eigenvalue weighted by Gasteiger charge is -2.45. The molecule has 2 amide bonds. The largest absolute Gasteiger partial charge is 0.448 e. The van der Waals surface area contributed by atoms with Gasteiger partial charge in [-0.15, -0.1) is 0 Å². The minimum absolute atomic E-state index is 0.0590. The van der Waals surface area contributed by atoms with Crippen LogP contribution >= 0.6 is 0 Å². The number of methoxy groups -OCH3 is 1. The third kappa shape index (κ3) is 4.32. The van der Waals surface area contributed by atoms with Gasteiger partial charge in [-0.2, -0.15) is 0 Å². The van der Waals surface area contributed by atoms with Gasteiger partial charge < -0.3 is 24.7 Å². The lowest BCUT2D eigenvalue weighted by atomic mass is 9.74. The first-order valence-electron chi connectivity index (χ1n) is 9.69. The van der Waals surface area contributed by atoms with E-state index in [2.05, 4.69) is 9.88 Å². The topological polar surface area (TPSA) is 102 Å². The first-order valence-corrected chi connectivity index (χ1v) is 9.69.